The van der Waals surface area contributed by atoms with Crippen LogP contribution in [0.2, 0.25) is 0 Å². The number of carbonyl (C=O) groups excluding carboxylic acids is 1. The number of esters is 1. The summed E-state index contributed by atoms with van der Waals surface area (Å²) in [6.07, 6.45) is 2.47. The summed E-state index contributed by atoms with van der Waals surface area (Å²) in [6, 6.07) is 6.22. The van der Waals surface area contributed by atoms with Gasteiger partial charge in [-0.3, -0.25) is 0 Å². The molecular formula is C14H19NO3. The Morgan fingerprint density at radius 3 is 2.67 bits per heavy atom. The summed E-state index contributed by atoms with van der Waals surface area (Å²) in [6.45, 7) is 3.01. The molecule has 4 nitrogen and oxygen atoms in total. The van der Waals surface area contributed by atoms with Gasteiger partial charge in [-0.2, -0.15) is 0 Å². The molecule has 1 aliphatic rings. The minimum atomic E-state index is -0.439. The first-order chi connectivity index (χ1) is 8.70. The molecule has 98 valence electrons. The Kier molecular flexibility index (Phi) is 4.20. The van der Waals surface area contributed by atoms with Crippen molar-refractivity contribution in [3.8, 4) is 5.75 Å². The quantitative estimate of drug-likeness (QED) is 0.757. The SMILES string of the molecule is CCOC(=O)C(NCC1CC1)c1ccc(O)cc1. The maximum Gasteiger partial charge on any atom is 0.327 e. The van der Waals surface area contributed by atoms with Crippen LogP contribution in [0.15, 0.2) is 24.3 Å². The Morgan fingerprint density at radius 1 is 1.44 bits per heavy atom. The molecule has 1 atom stereocenters. The first-order valence-electron chi connectivity index (χ1n) is 6.39. The smallest absolute Gasteiger partial charge is 0.327 e. The summed E-state index contributed by atoms with van der Waals surface area (Å²) < 4.78 is 5.08. The Balaban J connectivity index is 2.06. The molecule has 0 heterocycles. The summed E-state index contributed by atoms with van der Waals surface area (Å²) >= 11 is 0. The molecule has 4 heteroatoms. The van der Waals surface area contributed by atoms with E-state index in [0.717, 1.165) is 12.1 Å². The Labute approximate surface area is 107 Å². The zero-order valence-electron chi connectivity index (χ0n) is 10.6. The van der Waals surface area contributed by atoms with E-state index in [1.54, 1.807) is 31.2 Å². The van der Waals surface area contributed by atoms with Crippen molar-refractivity contribution in [1.82, 2.24) is 5.32 Å². The molecule has 0 saturated heterocycles. The van der Waals surface area contributed by atoms with Gasteiger partial charge in [-0.25, -0.2) is 4.79 Å². The molecule has 1 aliphatic carbocycles. The van der Waals surface area contributed by atoms with E-state index in [2.05, 4.69) is 5.32 Å². The summed E-state index contributed by atoms with van der Waals surface area (Å²) in [7, 11) is 0. The minimum Gasteiger partial charge on any atom is -0.508 e. The van der Waals surface area contributed by atoms with Gasteiger partial charge in [0.1, 0.15) is 11.8 Å². The second-order valence-corrected chi connectivity index (χ2v) is 4.63. The standard InChI is InChI=1S/C14H19NO3/c1-2-18-14(17)13(15-9-10-3-4-10)11-5-7-12(16)8-6-11/h5-8,10,13,15-16H,2-4,9H2,1H3. The van der Waals surface area contributed by atoms with Crippen LogP contribution in [-0.4, -0.2) is 24.2 Å². The highest BCUT2D eigenvalue weighted by Crippen LogP contribution is 2.29. The Hall–Kier alpha value is -1.55. The van der Waals surface area contributed by atoms with Crippen LogP contribution in [-0.2, 0) is 9.53 Å². The number of hydrogen-bond donors (Lipinski definition) is 2. The molecule has 2 rings (SSSR count). The second kappa shape index (κ2) is 5.87. The number of phenolic OH excluding ortho intramolecular Hbond substituents is 1. The van der Waals surface area contributed by atoms with E-state index in [0.29, 0.717) is 12.5 Å². The fraction of sp³-hybridized carbons (Fsp3) is 0.500. The average Bonchev–Trinajstić information content (AvgIpc) is 3.16. The van der Waals surface area contributed by atoms with Gasteiger partial charge in [0.05, 0.1) is 6.61 Å². The van der Waals surface area contributed by atoms with Crippen LogP contribution in [0.1, 0.15) is 31.4 Å². The molecule has 1 fully saturated rings. The molecule has 1 aromatic rings. The van der Waals surface area contributed by atoms with Gasteiger partial charge >= 0.3 is 5.97 Å². The third kappa shape index (κ3) is 3.47. The van der Waals surface area contributed by atoms with Crippen molar-refractivity contribution in [1.29, 1.82) is 0 Å². The van der Waals surface area contributed by atoms with Gasteiger partial charge in [0.15, 0.2) is 0 Å². The predicted octanol–water partition coefficient (Wildman–Crippen LogP) is 2.00. The number of ether oxygens (including phenoxy) is 1. The van der Waals surface area contributed by atoms with Crippen LogP contribution in [0.4, 0.5) is 0 Å². The molecule has 0 aliphatic heterocycles. The highest BCUT2D eigenvalue weighted by molar-refractivity contribution is 5.77. The third-order valence-electron chi connectivity index (χ3n) is 3.06. The second-order valence-electron chi connectivity index (χ2n) is 4.63. The zero-order valence-corrected chi connectivity index (χ0v) is 10.6. The summed E-state index contributed by atoms with van der Waals surface area (Å²) in [5.74, 6) is 0.631. The van der Waals surface area contributed by atoms with E-state index in [4.69, 9.17) is 4.74 Å². The summed E-state index contributed by atoms with van der Waals surface area (Å²) in [5, 5.41) is 12.5. The van der Waals surface area contributed by atoms with Crippen LogP contribution in [0.5, 0.6) is 5.75 Å². The molecular weight excluding hydrogens is 230 g/mol. The van der Waals surface area contributed by atoms with E-state index in [1.165, 1.54) is 12.8 Å². The van der Waals surface area contributed by atoms with Crippen molar-refractivity contribution in [2.24, 2.45) is 5.92 Å². The molecule has 2 N–H and O–H groups in total. The van der Waals surface area contributed by atoms with Crippen LogP contribution >= 0.6 is 0 Å². The lowest BCUT2D eigenvalue weighted by Gasteiger charge is -2.17. The predicted molar refractivity (Wildman–Crippen MR) is 68.2 cm³/mol. The highest BCUT2D eigenvalue weighted by Gasteiger charge is 2.26. The van der Waals surface area contributed by atoms with Crippen molar-refractivity contribution in [3.63, 3.8) is 0 Å². The fourth-order valence-corrected chi connectivity index (χ4v) is 1.84. The number of nitrogens with one attached hydrogen (secondary N) is 1. The van der Waals surface area contributed by atoms with Gasteiger partial charge in [0.2, 0.25) is 0 Å². The van der Waals surface area contributed by atoms with Gasteiger partial charge in [0, 0.05) is 0 Å². The largest absolute Gasteiger partial charge is 0.508 e. The lowest BCUT2D eigenvalue weighted by atomic mass is 10.1. The van der Waals surface area contributed by atoms with Crippen LogP contribution in [0, 0.1) is 5.92 Å². The maximum absolute atomic E-state index is 11.9. The van der Waals surface area contributed by atoms with Crippen molar-refractivity contribution in [2.45, 2.75) is 25.8 Å². The van der Waals surface area contributed by atoms with Crippen molar-refractivity contribution >= 4 is 5.97 Å². The molecule has 1 aromatic carbocycles. The van der Waals surface area contributed by atoms with Crippen LogP contribution in [0.25, 0.3) is 0 Å². The number of phenols is 1. The first kappa shape index (κ1) is 12.9. The third-order valence-corrected chi connectivity index (χ3v) is 3.06. The lowest BCUT2D eigenvalue weighted by molar-refractivity contribution is -0.145. The molecule has 0 bridgehead atoms. The van der Waals surface area contributed by atoms with Gasteiger partial charge < -0.3 is 15.2 Å². The van der Waals surface area contributed by atoms with Crippen molar-refractivity contribution in [2.75, 3.05) is 13.2 Å². The maximum atomic E-state index is 11.9. The number of carbonyl (C=O) groups is 1. The van der Waals surface area contributed by atoms with E-state index >= 15 is 0 Å². The van der Waals surface area contributed by atoms with Crippen molar-refractivity contribution in [3.05, 3.63) is 29.8 Å². The molecule has 0 amide bonds. The van der Waals surface area contributed by atoms with E-state index < -0.39 is 6.04 Å². The Bertz CT molecular complexity index is 398. The Morgan fingerprint density at radius 2 is 2.11 bits per heavy atom. The fourth-order valence-electron chi connectivity index (χ4n) is 1.84. The van der Waals surface area contributed by atoms with Gasteiger partial charge in [0.25, 0.3) is 0 Å². The number of aromatic hydroxyl groups is 1. The lowest BCUT2D eigenvalue weighted by Crippen LogP contribution is -2.31. The van der Waals surface area contributed by atoms with Crippen LogP contribution in [0.3, 0.4) is 0 Å². The normalized spacial score (nSPS) is 16.3. The molecule has 1 unspecified atom stereocenters. The number of rotatable bonds is 6. The molecule has 0 radical (unpaired) electrons. The summed E-state index contributed by atoms with van der Waals surface area (Å²) in [4.78, 5) is 11.9. The molecule has 0 spiro atoms. The monoisotopic (exact) mass is 249 g/mol. The van der Waals surface area contributed by atoms with Crippen LogP contribution < -0.4 is 5.32 Å². The minimum absolute atomic E-state index is 0.198. The topological polar surface area (TPSA) is 58.6 Å². The molecule has 18 heavy (non-hydrogen) atoms. The summed E-state index contributed by atoms with van der Waals surface area (Å²) in [5.41, 5.74) is 0.826. The molecule has 0 aromatic heterocycles. The van der Waals surface area contributed by atoms with Gasteiger partial charge in [-0.15, -0.1) is 0 Å². The first-order valence-corrected chi connectivity index (χ1v) is 6.39. The van der Waals surface area contributed by atoms with E-state index in [9.17, 15) is 9.90 Å². The molecule has 1 saturated carbocycles. The van der Waals surface area contributed by atoms with Gasteiger partial charge in [-0.1, -0.05) is 12.1 Å². The zero-order chi connectivity index (χ0) is 13.0. The van der Waals surface area contributed by atoms with E-state index in [1.807, 2.05) is 0 Å². The van der Waals surface area contributed by atoms with Crippen molar-refractivity contribution < 1.29 is 14.6 Å². The highest BCUT2D eigenvalue weighted by atomic mass is 16.5. The number of hydrogen-bond acceptors (Lipinski definition) is 4. The van der Waals surface area contributed by atoms with E-state index in [-0.39, 0.29) is 11.7 Å². The number of benzene rings is 1. The van der Waals surface area contributed by atoms with Gasteiger partial charge in [-0.05, 0) is 49.9 Å². The average molecular weight is 249 g/mol.